The number of nitrogens with one attached hydrogen (secondary N) is 1. The Bertz CT molecular complexity index is 592. The van der Waals surface area contributed by atoms with Crippen LogP contribution in [0.4, 0.5) is 11.9 Å². The number of carbonyl (C=O) groups excluding carboxylic acids is 1. The fourth-order valence-electron chi connectivity index (χ4n) is 1.90. The fourth-order valence-corrected chi connectivity index (χ4v) is 2.25. The molecular formula is C15H23N5OS. The first-order chi connectivity index (χ1) is 10.2. The van der Waals surface area contributed by atoms with Crippen LogP contribution < -0.4 is 10.2 Å². The third-order valence-corrected chi connectivity index (χ3v) is 3.68. The maximum atomic E-state index is 12.5. The van der Waals surface area contributed by atoms with Gasteiger partial charge in [0.15, 0.2) is 5.16 Å². The summed E-state index contributed by atoms with van der Waals surface area (Å²) < 4.78 is 0. The average Bonchev–Trinajstić information content (AvgIpc) is 3.20. The minimum atomic E-state index is -0.454. The van der Waals surface area contributed by atoms with Crippen LogP contribution in [0.3, 0.4) is 0 Å². The Balaban J connectivity index is 2.44. The first kappa shape index (κ1) is 16.7. The molecule has 1 aromatic rings. The normalized spacial score (nSPS) is 14.6. The Labute approximate surface area is 135 Å². The molecule has 0 radical (unpaired) electrons. The van der Waals surface area contributed by atoms with Crippen molar-refractivity contribution in [2.75, 3.05) is 16.5 Å². The van der Waals surface area contributed by atoms with Gasteiger partial charge in [0.1, 0.15) is 0 Å². The van der Waals surface area contributed by atoms with Crippen molar-refractivity contribution in [1.29, 1.82) is 0 Å². The molecule has 1 N–H and O–H groups in total. The topological polar surface area (TPSA) is 71.0 Å². The van der Waals surface area contributed by atoms with Gasteiger partial charge in [0.05, 0.1) is 0 Å². The molecule has 1 heterocycles. The molecule has 1 fully saturated rings. The Morgan fingerprint density at radius 2 is 1.95 bits per heavy atom. The number of amides is 1. The van der Waals surface area contributed by atoms with Crippen molar-refractivity contribution in [1.82, 2.24) is 15.0 Å². The van der Waals surface area contributed by atoms with Crippen LogP contribution in [0.2, 0.25) is 0 Å². The number of hydrogen-bond donors (Lipinski definition) is 1. The monoisotopic (exact) mass is 321 g/mol. The largest absolute Gasteiger partial charge is 0.351 e. The molecule has 1 aliphatic carbocycles. The van der Waals surface area contributed by atoms with E-state index in [0.717, 1.165) is 12.8 Å². The standard InChI is InChI=1S/C15H23N5OS/c1-9(2)11(21)20(15(3,4)5)13-17-12(16-10-7-8-10)18-14(19-13)22-6/h10H,1,7-8H2,2-6H3,(H,16,17,18,19). The number of aromatic nitrogens is 3. The van der Waals surface area contributed by atoms with Crippen molar-refractivity contribution in [3.05, 3.63) is 12.2 Å². The molecule has 1 aromatic heterocycles. The van der Waals surface area contributed by atoms with E-state index in [1.165, 1.54) is 11.8 Å². The molecule has 0 unspecified atom stereocenters. The predicted molar refractivity (Wildman–Crippen MR) is 90.3 cm³/mol. The van der Waals surface area contributed by atoms with Gasteiger partial charge in [-0.3, -0.25) is 9.69 Å². The fraction of sp³-hybridized carbons (Fsp3) is 0.600. The van der Waals surface area contributed by atoms with E-state index in [-0.39, 0.29) is 5.91 Å². The lowest BCUT2D eigenvalue weighted by molar-refractivity contribution is -0.116. The molecule has 1 aliphatic rings. The van der Waals surface area contributed by atoms with Crippen LogP contribution in [-0.2, 0) is 4.79 Å². The minimum Gasteiger partial charge on any atom is -0.351 e. The summed E-state index contributed by atoms with van der Waals surface area (Å²) >= 11 is 1.43. The molecule has 0 aliphatic heterocycles. The molecule has 0 saturated heterocycles. The van der Waals surface area contributed by atoms with E-state index in [0.29, 0.717) is 28.7 Å². The third kappa shape index (κ3) is 3.97. The van der Waals surface area contributed by atoms with Crippen LogP contribution in [-0.4, -0.2) is 38.7 Å². The first-order valence-electron chi connectivity index (χ1n) is 7.29. The molecular weight excluding hydrogens is 298 g/mol. The van der Waals surface area contributed by atoms with Crippen molar-refractivity contribution in [3.8, 4) is 0 Å². The molecule has 2 rings (SSSR count). The number of anilines is 2. The highest BCUT2D eigenvalue weighted by molar-refractivity contribution is 7.98. The van der Waals surface area contributed by atoms with Crippen LogP contribution in [0.15, 0.2) is 17.3 Å². The molecule has 22 heavy (non-hydrogen) atoms. The van der Waals surface area contributed by atoms with E-state index >= 15 is 0 Å². The van der Waals surface area contributed by atoms with E-state index in [2.05, 4.69) is 26.8 Å². The van der Waals surface area contributed by atoms with Gasteiger partial charge < -0.3 is 5.32 Å². The van der Waals surface area contributed by atoms with Gasteiger partial charge in [-0.2, -0.15) is 15.0 Å². The van der Waals surface area contributed by atoms with E-state index < -0.39 is 5.54 Å². The lowest BCUT2D eigenvalue weighted by Gasteiger charge is -2.34. The van der Waals surface area contributed by atoms with Crippen LogP contribution in [0.25, 0.3) is 0 Å². The van der Waals surface area contributed by atoms with Gasteiger partial charge in [0, 0.05) is 17.2 Å². The SMILES string of the molecule is C=C(C)C(=O)N(c1nc(NC2CC2)nc(SC)n1)C(C)(C)C. The maximum absolute atomic E-state index is 12.5. The molecule has 1 amide bonds. The summed E-state index contributed by atoms with van der Waals surface area (Å²) in [5.41, 5.74) is 0.00179. The van der Waals surface area contributed by atoms with Gasteiger partial charge in [-0.25, -0.2) is 0 Å². The summed E-state index contributed by atoms with van der Waals surface area (Å²) in [4.78, 5) is 27.3. The number of rotatable bonds is 5. The van der Waals surface area contributed by atoms with Crippen LogP contribution in [0, 0.1) is 0 Å². The zero-order chi connectivity index (χ0) is 16.5. The highest BCUT2D eigenvalue weighted by Crippen LogP contribution is 2.27. The molecule has 0 bridgehead atoms. The van der Waals surface area contributed by atoms with Crippen molar-refractivity contribution in [2.24, 2.45) is 0 Å². The van der Waals surface area contributed by atoms with Crippen LogP contribution in [0.1, 0.15) is 40.5 Å². The summed E-state index contributed by atoms with van der Waals surface area (Å²) in [5, 5.41) is 3.86. The molecule has 6 nitrogen and oxygen atoms in total. The van der Waals surface area contributed by atoms with Gasteiger partial charge in [0.2, 0.25) is 11.9 Å². The first-order valence-corrected chi connectivity index (χ1v) is 8.51. The Kier molecular flexibility index (Phi) is 4.75. The average molecular weight is 321 g/mol. The summed E-state index contributed by atoms with van der Waals surface area (Å²) in [6.45, 7) is 11.3. The second-order valence-corrected chi connectivity index (χ2v) is 7.23. The second-order valence-electron chi connectivity index (χ2n) is 6.46. The van der Waals surface area contributed by atoms with Crippen molar-refractivity contribution in [2.45, 2.75) is 57.3 Å². The van der Waals surface area contributed by atoms with Crippen molar-refractivity contribution >= 4 is 29.6 Å². The van der Waals surface area contributed by atoms with Crippen molar-refractivity contribution in [3.63, 3.8) is 0 Å². The van der Waals surface area contributed by atoms with E-state index in [9.17, 15) is 4.79 Å². The molecule has 0 aromatic carbocycles. The molecule has 7 heteroatoms. The molecule has 0 atom stereocenters. The summed E-state index contributed by atoms with van der Waals surface area (Å²) in [5.74, 6) is 0.715. The lowest BCUT2D eigenvalue weighted by atomic mass is 10.1. The highest BCUT2D eigenvalue weighted by Gasteiger charge is 2.32. The van der Waals surface area contributed by atoms with E-state index in [4.69, 9.17) is 0 Å². The summed E-state index contributed by atoms with van der Waals surface area (Å²) in [6.07, 6.45) is 4.16. The Hall–Kier alpha value is -1.63. The lowest BCUT2D eigenvalue weighted by Crippen LogP contribution is -2.47. The van der Waals surface area contributed by atoms with E-state index in [1.807, 2.05) is 27.0 Å². The van der Waals surface area contributed by atoms with Gasteiger partial charge in [0.25, 0.3) is 5.91 Å². The van der Waals surface area contributed by atoms with Crippen LogP contribution >= 0.6 is 11.8 Å². The molecule has 120 valence electrons. The number of carbonyl (C=O) groups is 1. The Morgan fingerprint density at radius 1 is 1.32 bits per heavy atom. The smallest absolute Gasteiger partial charge is 0.256 e. The number of nitrogens with zero attached hydrogens (tertiary/aromatic N) is 4. The summed E-state index contributed by atoms with van der Waals surface area (Å²) in [7, 11) is 0. The van der Waals surface area contributed by atoms with Gasteiger partial charge in [-0.1, -0.05) is 18.3 Å². The molecule has 1 saturated carbocycles. The van der Waals surface area contributed by atoms with Crippen LogP contribution in [0.5, 0.6) is 0 Å². The van der Waals surface area contributed by atoms with Crippen molar-refractivity contribution < 1.29 is 4.79 Å². The zero-order valence-electron chi connectivity index (χ0n) is 13.8. The quantitative estimate of drug-likeness (QED) is 0.664. The summed E-state index contributed by atoms with van der Waals surface area (Å²) in [6, 6.07) is 0.435. The zero-order valence-corrected chi connectivity index (χ0v) is 14.6. The van der Waals surface area contributed by atoms with Gasteiger partial charge >= 0.3 is 0 Å². The second kappa shape index (κ2) is 6.24. The van der Waals surface area contributed by atoms with Gasteiger partial charge in [-0.15, -0.1) is 0 Å². The van der Waals surface area contributed by atoms with Gasteiger partial charge in [-0.05, 0) is 46.8 Å². The Morgan fingerprint density at radius 3 is 2.41 bits per heavy atom. The molecule has 0 spiro atoms. The highest BCUT2D eigenvalue weighted by atomic mass is 32.2. The third-order valence-electron chi connectivity index (χ3n) is 3.14. The predicted octanol–water partition coefficient (Wildman–Crippen LogP) is 2.88. The maximum Gasteiger partial charge on any atom is 0.256 e. The number of hydrogen-bond acceptors (Lipinski definition) is 6. The minimum absolute atomic E-state index is 0.178. The number of thioether (sulfide) groups is 1. The van der Waals surface area contributed by atoms with E-state index in [1.54, 1.807) is 11.8 Å².